The molecule has 0 aliphatic heterocycles. The molecule has 0 saturated heterocycles. The van der Waals surface area contributed by atoms with Crippen molar-refractivity contribution in [3.8, 4) is 0 Å². The van der Waals surface area contributed by atoms with E-state index in [1.807, 2.05) is 0 Å². The summed E-state index contributed by atoms with van der Waals surface area (Å²) >= 11 is 0. The fourth-order valence-electron chi connectivity index (χ4n) is 0.591. The van der Waals surface area contributed by atoms with E-state index in [9.17, 15) is 9.59 Å². The van der Waals surface area contributed by atoms with Gasteiger partial charge in [-0.25, -0.2) is 4.79 Å². The van der Waals surface area contributed by atoms with Crippen LogP contribution in [0.1, 0.15) is 13.8 Å². The molecule has 0 fully saturated rings. The number of carbonyl (C=O) groups excluding carboxylic acids is 2. The van der Waals surface area contributed by atoms with E-state index >= 15 is 0 Å². The number of carbonyl (C=O) groups is 2. The average Bonchev–Trinajstić information content (AvgIpc) is 2.02. The van der Waals surface area contributed by atoms with Gasteiger partial charge in [0.2, 0.25) is 0 Å². The standard InChI is InChI=1S/C7H14N2O3.ClH/c1-4(8)6(10)9-5(2)7(11)12-3;/h4-5H,8H2,1-3H3,(H,9,10);1H/t4-,5-;/m1./s1. The van der Waals surface area contributed by atoms with Crippen LogP contribution >= 0.6 is 0 Å². The molecule has 0 aliphatic rings. The number of rotatable bonds is 3. The molecule has 0 aromatic carbocycles. The zero-order chi connectivity index (χ0) is 9.72. The highest BCUT2D eigenvalue weighted by atomic mass is 35.5. The summed E-state index contributed by atoms with van der Waals surface area (Å²) in [6, 6.07) is -0.969. The van der Waals surface area contributed by atoms with E-state index in [1.54, 1.807) is 13.8 Å². The van der Waals surface area contributed by atoms with Gasteiger partial charge in [-0.2, -0.15) is 0 Å². The van der Waals surface area contributed by atoms with Crippen LogP contribution in [0.25, 0.3) is 0 Å². The number of amides is 1. The molecule has 0 spiro atoms. The fraction of sp³-hybridized carbons (Fsp3) is 0.714. The van der Waals surface area contributed by atoms with Crippen LogP contribution in [0.3, 0.4) is 0 Å². The Bertz CT molecular complexity index is 185. The molecule has 0 bridgehead atoms. The number of hydrogen-bond acceptors (Lipinski definition) is 3. The first-order valence-electron chi connectivity index (χ1n) is 3.70. The highest BCUT2D eigenvalue weighted by Crippen LogP contribution is 1.86. The van der Waals surface area contributed by atoms with Gasteiger partial charge in [-0.15, -0.1) is 0 Å². The molecule has 0 aromatic heterocycles. The monoisotopic (exact) mass is 210 g/mol. The number of methoxy groups -OCH3 is 1. The summed E-state index contributed by atoms with van der Waals surface area (Å²) in [4.78, 5) is 21.8. The predicted octanol–water partition coefficient (Wildman–Crippen LogP) is -4.70. The van der Waals surface area contributed by atoms with Gasteiger partial charge in [0.05, 0.1) is 7.11 Å². The van der Waals surface area contributed by atoms with E-state index in [4.69, 9.17) is 0 Å². The fourth-order valence-corrected chi connectivity index (χ4v) is 0.591. The highest BCUT2D eigenvalue weighted by molar-refractivity contribution is 5.85. The number of halogens is 1. The van der Waals surface area contributed by atoms with E-state index in [1.165, 1.54) is 7.11 Å². The third-order valence-electron chi connectivity index (χ3n) is 1.36. The summed E-state index contributed by atoms with van der Waals surface area (Å²) in [6.07, 6.45) is 0. The van der Waals surface area contributed by atoms with Crippen LogP contribution in [0.15, 0.2) is 0 Å². The Balaban J connectivity index is 0. The van der Waals surface area contributed by atoms with E-state index in [0.29, 0.717) is 0 Å². The Hall–Kier alpha value is -0.810. The second-order valence-corrected chi connectivity index (χ2v) is 2.65. The molecule has 0 unspecified atom stereocenters. The van der Waals surface area contributed by atoms with E-state index in [-0.39, 0.29) is 24.4 Å². The van der Waals surface area contributed by atoms with Crippen LogP contribution < -0.4 is 23.5 Å². The smallest absolute Gasteiger partial charge is 0.328 e. The van der Waals surface area contributed by atoms with Gasteiger partial charge in [-0.1, -0.05) is 0 Å². The summed E-state index contributed by atoms with van der Waals surface area (Å²) in [5.41, 5.74) is 3.51. The molecule has 0 radical (unpaired) electrons. The normalized spacial score (nSPS) is 13.5. The largest absolute Gasteiger partial charge is 1.00 e. The molecule has 0 heterocycles. The van der Waals surface area contributed by atoms with E-state index in [2.05, 4.69) is 15.8 Å². The summed E-state index contributed by atoms with van der Waals surface area (Å²) in [6.45, 7) is 3.21. The van der Waals surface area contributed by atoms with Gasteiger partial charge in [0.15, 0.2) is 6.04 Å². The van der Waals surface area contributed by atoms with Crippen molar-refractivity contribution in [3.63, 3.8) is 0 Å². The minimum Gasteiger partial charge on any atom is -1.00 e. The molecule has 6 heteroatoms. The van der Waals surface area contributed by atoms with Crippen molar-refractivity contribution in [2.75, 3.05) is 7.11 Å². The molecule has 5 nitrogen and oxygen atoms in total. The molecule has 1 amide bonds. The van der Waals surface area contributed by atoms with Crippen LogP contribution in [-0.2, 0) is 14.3 Å². The van der Waals surface area contributed by atoms with Crippen molar-refractivity contribution < 1.29 is 32.5 Å². The molecule has 0 saturated carbocycles. The van der Waals surface area contributed by atoms with Gasteiger partial charge >= 0.3 is 5.97 Å². The summed E-state index contributed by atoms with van der Waals surface area (Å²) in [5, 5.41) is 2.45. The molecule has 0 aliphatic carbocycles. The molecule has 0 aromatic rings. The summed E-state index contributed by atoms with van der Waals surface area (Å²) < 4.78 is 4.42. The Morgan fingerprint density at radius 2 is 1.85 bits per heavy atom. The number of esters is 1. The summed E-state index contributed by atoms with van der Waals surface area (Å²) in [5.74, 6) is -0.711. The lowest BCUT2D eigenvalue weighted by atomic mass is 10.3. The topological polar surface area (TPSA) is 83.0 Å². The Kier molecular flexibility index (Phi) is 7.55. The van der Waals surface area contributed by atoms with Crippen LogP contribution in [0.5, 0.6) is 0 Å². The number of hydrogen-bond donors (Lipinski definition) is 2. The van der Waals surface area contributed by atoms with E-state index < -0.39 is 12.0 Å². The van der Waals surface area contributed by atoms with Crippen LogP contribution in [0, 0.1) is 0 Å². The number of quaternary nitrogens is 1. The van der Waals surface area contributed by atoms with Crippen molar-refractivity contribution in [1.29, 1.82) is 0 Å². The highest BCUT2D eigenvalue weighted by Gasteiger charge is 2.18. The Morgan fingerprint density at radius 3 is 2.15 bits per heavy atom. The minimum atomic E-state index is -0.605. The lowest BCUT2D eigenvalue weighted by Crippen LogP contribution is -3.00. The SMILES string of the molecule is COC(=O)[C@@H](C)NC(=O)[C@@H](C)[NH3+].[Cl-]. The molecular formula is C7H15ClN2O3. The van der Waals surface area contributed by atoms with Gasteiger partial charge in [-0.3, -0.25) is 4.79 Å². The molecule has 2 atom stereocenters. The molecule has 0 rings (SSSR count). The van der Waals surface area contributed by atoms with Crippen LogP contribution in [0.2, 0.25) is 0 Å². The Labute approximate surface area is 83.4 Å². The first kappa shape index (κ1) is 14.7. The third-order valence-corrected chi connectivity index (χ3v) is 1.36. The van der Waals surface area contributed by atoms with Crippen molar-refractivity contribution >= 4 is 11.9 Å². The first-order chi connectivity index (χ1) is 5.49. The lowest BCUT2D eigenvalue weighted by molar-refractivity contribution is -0.398. The second-order valence-electron chi connectivity index (χ2n) is 2.65. The lowest BCUT2D eigenvalue weighted by Gasteiger charge is -2.11. The summed E-state index contributed by atoms with van der Waals surface area (Å²) in [7, 11) is 1.28. The van der Waals surface area contributed by atoms with Crippen molar-refractivity contribution in [3.05, 3.63) is 0 Å². The van der Waals surface area contributed by atoms with Crippen LogP contribution in [0.4, 0.5) is 0 Å². The van der Waals surface area contributed by atoms with Crippen molar-refractivity contribution in [2.45, 2.75) is 25.9 Å². The van der Waals surface area contributed by atoms with Gasteiger partial charge in [0.1, 0.15) is 6.04 Å². The van der Waals surface area contributed by atoms with Gasteiger partial charge in [0.25, 0.3) is 5.91 Å². The number of nitrogens with one attached hydrogen (secondary N) is 1. The molecular weight excluding hydrogens is 196 g/mol. The van der Waals surface area contributed by atoms with Crippen molar-refractivity contribution in [1.82, 2.24) is 5.32 Å². The molecule has 13 heavy (non-hydrogen) atoms. The quantitative estimate of drug-likeness (QED) is 0.460. The zero-order valence-corrected chi connectivity index (χ0v) is 8.72. The zero-order valence-electron chi connectivity index (χ0n) is 7.96. The minimum absolute atomic E-state index is 0. The maximum atomic E-state index is 11.0. The van der Waals surface area contributed by atoms with Crippen LogP contribution in [-0.4, -0.2) is 31.1 Å². The van der Waals surface area contributed by atoms with Gasteiger partial charge in [0, 0.05) is 0 Å². The van der Waals surface area contributed by atoms with E-state index in [0.717, 1.165) is 0 Å². The number of ether oxygens (including phenoxy) is 1. The molecule has 78 valence electrons. The van der Waals surface area contributed by atoms with Gasteiger partial charge < -0.3 is 28.2 Å². The third kappa shape index (κ3) is 5.43. The molecule has 4 N–H and O–H groups in total. The second kappa shape index (κ2) is 6.68. The predicted molar refractivity (Wildman–Crippen MR) is 42.0 cm³/mol. The first-order valence-corrected chi connectivity index (χ1v) is 3.70. The Morgan fingerprint density at radius 1 is 1.38 bits per heavy atom. The average molecular weight is 211 g/mol. The maximum absolute atomic E-state index is 11.0. The maximum Gasteiger partial charge on any atom is 0.328 e. The van der Waals surface area contributed by atoms with Gasteiger partial charge in [-0.05, 0) is 13.8 Å². The van der Waals surface area contributed by atoms with Crippen molar-refractivity contribution in [2.24, 2.45) is 0 Å².